The Bertz CT molecular complexity index is 569. The molecule has 0 aromatic heterocycles. The lowest BCUT2D eigenvalue weighted by Crippen LogP contribution is -2.47. The lowest BCUT2D eigenvalue weighted by Gasteiger charge is -2.35. The zero-order chi connectivity index (χ0) is 14.9. The van der Waals surface area contributed by atoms with Gasteiger partial charge in [-0.3, -0.25) is 0 Å². The molecule has 1 aliphatic heterocycles. The van der Waals surface area contributed by atoms with Gasteiger partial charge in [-0.15, -0.1) is 0 Å². The Balaban J connectivity index is 2.30. The number of benzene rings is 1. The van der Waals surface area contributed by atoms with Gasteiger partial charge in [-0.25, -0.2) is 12.8 Å². The average molecular weight is 301 g/mol. The Morgan fingerprint density at radius 2 is 2.05 bits per heavy atom. The molecule has 0 radical (unpaired) electrons. The molecule has 1 atom stereocenters. The van der Waals surface area contributed by atoms with E-state index < -0.39 is 15.8 Å². The minimum absolute atomic E-state index is 0.0746. The molecule has 0 saturated carbocycles. The number of nitrogens with two attached hydrogens (primary N) is 1. The highest BCUT2D eigenvalue weighted by molar-refractivity contribution is 7.89. The molecule has 1 aromatic carbocycles. The van der Waals surface area contributed by atoms with Gasteiger partial charge in [0, 0.05) is 24.8 Å². The van der Waals surface area contributed by atoms with E-state index in [1.165, 1.54) is 10.4 Å². The molecule has 1 saturated heterocycles. The van der Waals surface area contributed by atoms with Crippen LogP contribution in [-0.2, 0) is 10.0 Å². The van der Waals surface area contributed by atoms with Crippen LogP contribution in [0.4, 0.5) is 10.1 Å². The summed E-state index contributed by atoms with van der Waals surface area (Å²) in [6.45, 7) is 0.884. The number of halogens is 1. The Kier molecular flexibility index (Phi) is 4.31. The number of rotatable bonds is 3. The molecule has 2 rings (SSSR count). The van der Waals surface area contributed by atoms with Crippen molar-refractivity contribution in [3.05, 3.63) is 24.0 Å². The fourth-order valence-electron chi connectivity index (χ4n) is 2.44. The highest BCUT2D eigenvalue weighted by atomic mass is 32.2. The molecular weight excluding hydrogens is 281 g/mol. The zero-order valence-corrected chi connectivity index (χ0v) is 12.5. The zero-order valence-electron chi connectivity index (χ0n) is 11.7. The van der Waals surface area contributed by atoms with Crippen LogP contribution in [-0.4, -0.2) is 50.8 Å². The number of hydrogen-bond donors (Lipinski definition) is 1. The topological polar surface area (TPSA) is 66.6 Å². The maximum absolute atomic E-state index is 13.4. The highest BCUT2D eigenvalue weighted by Gasteiger charge is 2.31. The quantitative estimate of drug-likeness (QED) is 0.850. The molecular formula is C13H20FN3O2S. The van der Waals surface area contributed by atoms with Gasteiger partial charge in [-0.1, -0.05) is 0 Å². The van der Waals surface area contributed by atoms with E-state index in [1.807, 2.05) is 19.0 Å². The van der Waals surface area contributed by atoms with E-state index in [0.29, 0.717) is 13.1 Å². The van der Waals surface area contributed by atoms with E-state index in [9.17, 15) is 12.8 Å². The maximum Gasteiger partial charge on any atom is 0.243 e. The van der Waals surface area contributed by atoms with Crippen LogP contribution in [0.5, 0.6) is 0 Å². The smallest absolute Gasteiger partial charge is 0.243 e. The van der Waals surface area contributed by atoms with Crippen LogP contribution >= 0.6 is 0 Å². The third kappa shape index (κ3) is 3.11. The number of hydrogen-bond acceptors (Lipinski definition) is 4. The monoisotopic (exact) mass is 301 g/mol. The van der Waals surface area contributed by atoms with Gasteiger partial charge in [0.15, 0.2) is 0 Å². The van der Waals surface area contributed by atoms with Crippen molar-refractivity contribution in [2.45, 2.75) is 23.8 Å². The van der Waals surface area contributed by atoms with Crippen molar-refractivity contribution in [2.75, 3.05) is 32.9 Å². The van der Waals surface area contributed by atoms with E-state index >= 15 is 0 Å². The predicted octanol–water partition coefficient (Wildman–Crippen LogP) is 1.12. The Morgan fingerprint density at radius 3 is 2.65 bits per heavy atom. The summed E-state index contributed by atoms with van der Waals surface area (Å²) in [7, 11) is 0.176. The van der Waals surface area contributed by atoms with Crippen molar-refractivity contribution in [1.29, 1.82) is 0 Å². The highest BCUT2D eigenvalue weighted by Crippen LogP contribution is 2.24. The normalized spacial score (nSPS) is 21.3. The van der Waals surface area contributed by atoms with Crippen LogP contribution in [0.3, 0.4) is 0 Å². The first-order chi connectivity index (χ1) is 9.30. The van der Waals surface area contributed by atoms with Crippen molar-refractivity contribution >= 4 is 15.7 Å². The Labute approximate surface area is 119 Å². The van der Waals surface area contributed by atoms with E-state index in [4.69, 9.17) is 5.73 Å². The second kappa shape index (κ2) is 5.67. The SMILES string of the molecule is CN(C)C1CCCN(S(=O)(=O)c2cc(N)cc(F)c2)C1. The molecule has 1 heterocycles. The predicted molar refractivity (Wildman–Crippen MR) is 76.3 cm³/mol. The molecule has 1 aromatic rings. The number of likely N-dealkylation sites (N-methyl/N-ethyl adjacent to an activating group) is 1. The molecule has 0 spiro atoms. The largest absolute Gasteiger partial charge is 0.399 e. The summed E-state index contributed by atoms with van der Waals surface area (Å²) in [5.74, 6) is -0.634. The number of anilines is 1. The average Bonchev–Trinajstić information content (AvgIpc) is 2.37. The lowest BCUT2D eigenvalue weighted by molar-refractivity contribution is 0.190. The number of sulfonamides is 1. The third-order valence-corrected chi connectivity index (χ3v) is 5.46. The Hall–Kier alpha value is -1.18. The minimum Gasteiger partial charge on any atom is -0.399 e. The van der Waals surface area contributed by atoms with Gasteiger partial charge in [0.25, 0.3) is 0 Å². The summed E-state index contributed by atoms with van der Waals surface area (Å²) in [4.78, 5) is 1.94. The minimum atomic E-state index is -3.69. The molecule has 112 valence electrons. The summed E-state index contributed by atoms with van der Waals surface area (Å²) in [6.07, 6.45) is 1.76. The van der Waals surface area contributed by atoms with Gasteiger partial charge in [0.1, 0.15) is 5.82 Å². The number of nitrogen functional groups attached to an aromatic ring is 1. The van der Waals surface area contributed by atoms with Gasteiger partial charge in [0.2, 0.25) is 10.0 Å². The summed E-state index contributed by atoms with van der Waals surface area (Å²) in [5, 5.41) is 0. The molecule has 20 heavy (non-hydrogen) atoms. The first-order valence-electron chi connectivity index (χ1n) is 6.53. The number of piperidine rings is 1. The fourth-order valence-corrected chi connectivity index (χ4v) is 4.03. The van der Waals surface area contributed by atoms with Crippen molar-refractivity contribution < 1.29 is 12.8 Å². The van der Waals surface area contributed by atoms with Crippen molar-refractivity contribution in [1.82, 2.24) is 9.21 Å². The molecule has 0 bridgehead atoms. The second-order valence-corrected chi connectivity index (χ2v) is 7.28. The Morgan fingerprint density at radius 1 is 1.35 bits per heavy atom. The summed E-state index contributed by atoms with van der Waals surface area (Å²) in [5.41, 5.74) is 5.65. The second-order valence-electron chi connectivity index (χ2n) is 5.34. The molecule has 0 aliphatic carbocycles. The third-order valence-electron chi connectivity index (χ3n) is 3.62. The molecule has 0 amide bonds. The fraction of sp³-hybridized carbons (Fsp3) is 0.538. The van der Waals surface area contributed by atoms with Gasteiger partial charge in [-0.05, 0) is 45.1 Å². The van der Waals surface area contributed by atoms with Crippen LogP contribution in [0.15, 0.2) is 23.1 Å². The van der Waals surface area contributed by atoms with Crippen molar-refractivity contribution in [3.63, 3.8) is 0 Å². The van der Waals surface area contributed by atoms with E-state index in [0.717, 1.165) is 25.0 Å². The lowest BCUT2D eigenvalue weighted by atomic mass is 10.1. The van der Waals surface area contributed by atoms with Crippen LogP contribution in [0.25, 0.3) is 0 Å². The molecule has 1 aliphatic rings. The van der Waals surface area contributed by atoms with Crippen LogP contribution in [0, 0.1) is 5.82 Å². The van der Waals surface area contributed by atoms with Crippen LogP contribution in [0.1, 0.15) is 12.8 Å². The first-order valence-corrected chi connectivity index (χ1v) is 7.97. The first kappa shape index (κ1) is 15.2. The molecule has 1 fully saturated rings. The summed E-state index contributed by atoms with van der Waals surface area (Å²) in [6, 6.07) is 3.62. The molecule has 2 N–H and O–H groups in total. The molecule has 7 heteroatoms. The van der Waals surface area contributed by atoms with Gasteiger partial charge >= 0.3 is 0 Å². The van der Waals surface area contributed by atoms with Gasteiger partial charge < -0.3 is 10.6 Å². The van der Waals surface area contributed by atoms with Crippen molar-refractivity contribution in [2.24, 2.45) is 0 Å². The summed E-state index contributed by atoms with van der Waals surface area (Å²) < 4.78 is 39.9. The molecule has 1 unspecified atom stereocenters. The van der Waals surface area contributed by atoms with Gasteiger partial charge in [-0.2, -0.15) is 4.31 Å². The standard InChI is InChI=1S/C13H20FN3O2S/c1-16(2)12-4-3-5-17(9-12)20(18,19)13-7-10(14)6-11(15)8-13/h6-8,12H,3-5,9,15H2,1-2H3. The van der Waals surface area contributed by atoms with Crippen LogP contribution in [0.2, 0.25) is 0 Å². The summed E-state index contributed by atoms with van der Waals surface area (Å²) >= 11 is 0. The van der Waals surface area contributed by atoms with Gasteiger partial charge in [0.05, 0.1) is 4.90 Å². The van der Waals surface area contributed by atoms with E-state index in [-0.39, 0.29) is 16.6 Å². The maximum atomic E-state index is 13.4. The van der Waals surface area contributed by atoms with E-state index in [2.05, 4.69) is 0 Å². The molecule has 5 nitrogen and oxygen atoms in total. The van der Waals surface area contributed by atoms with Crippen molar-refractivity contribution in [3.8, 4) is 0 Å². The van der Waals surface area contributed by atoms with Crippen LogP contribution < -0.4 is 5.73 Å². The number of nitrogens with zero attached hydrogens (tertiary/aromatic N) is 2. The van der Waals surface area contributed by atoms with E-state index in [1.54, 1.807) is 0 Å².